The van der Waals surface area contributed by atoms with Gasteiger partial charge in [0.05, 0.1) is 22.4 Å². The molecule has 5 rings (SSSR count). The topological polar surface area (TPSA) is 61.7 Å². The van der Waals surface area contributed by atoms with Crippen molar-refractivity contribution in [2.45, 2.75) is 43.7 Å². The Bertz CT molecular complexity index is 1120. The van der Waals surface area contributed by atoms with Gasteiger partial charge in [-0.25, -0.2) is 15.0 Å². The zero-order valence-corrected chi connectivity index (χ0v) is 20.3. The highest BCUT2D eigenvalue weighted by molar-refractivity contribution is 7.99. The maximum Gasteiger partial charge on any atom is 0.253 e. The number of piperidine rings is 1. The van der Waals surface area contributed by atoms with Gasteiger partial charge in [0.15, 0.2) is 0 Å². The van der Waals surface area contributed by atoms with Crippen molar-refractivity contribution in [3.63, 3.8) is 0 Å². The van der Waals surface area contributed by atoms with Gasteiger partial charge < -0.3 is 4.90 Å². The molecule has 1 saturated heterocycles. The Hall–Kier alpha value is -2.71. The van der Waals surface area contributed by atoms with Gasteiger partial charge in [-0.15, -0.1) is 11.3 Å². The molecule has 1 fully saturated rings. The zero-order valence-electron chi connectivity index (χ0n) is 18.7. The molecule has 2 aliphatic rings. The number of carbonyl (C=O) groups is 1. The van der Waals surface area contributed by atoms with Crippen LogP contribution in [0.3, 0.4) is 0 Å². The number of rotatable bonds is 6. The molecule has 0 saturated carbocycles. The molecular weight excluding hydrogens is 450 g/mol. The molecule has 2 aliphatic heterocycles. The standard InChI is InChI=1S/C25H27N5OS2/c1-18-7-9-19(10-8-18)21-14-20(22-6-5-13-32-22)28-30(21)25(31)16-33-24-15-23(26-17-27-24)29-11-3-2-4-12-29/h5-10,13,15,17,21H,2-4,11-12,14,16H2,1H3. The predicted octanol–water partition coefficient (Wildman–Crippen LogP) is 5.31. The van der Waals surface area contributed by atoms with Crippen molar-refractivity contribution in [1.82, 2.24) is 15.0 Å². The third-order valence-electron chi connectivity index (χ3n) is 6.08. The van der Waals surface area contributed by atoms with Crippen LogP contribution in [0.15, 0.2) is 64.3 Å². The van der Waals surface area contributed by atoms with Gasteiger partial charge >= 0.3 is 0 Å². The van der Waals surface area contributed by atoms with Gasteiger partial charge in [-0.05, 0) is 43.2 Å². The first-order valence-electron chi connectivity index (χ1n) is 11.4. The molecule has 1 atom stereocenters. The van der Waals surface area contributed by atoms with Crippen LogP contribution in [0.5, 0.6) is 0 Å². The number of hydrogen-bond acceptors (Lipinski definition) is 7. The summed E-state index contributed by atoms with van der Waals surface area (Å²) in [4.78, 5) is 25.6. The number of benzene rings is 1. The lowest BCUT2D eigenvalue weighted by molar-refractivity contribution is -0.130. The minimum absolute atomic E-state index is 0.00438. The lowest BCUT2D eigenvalue weighted by atomic mass is 10.00. The van der Waals surface area contributed by atoms with E-state index in [0.29, 0.717) is 5.75 Å². The summed E-state index contributed by atoms with van der Waals surface area (Å²) in [5, 5.41) is 9.33. The van der Waals surface area contributed by atoms with Crippen LogP contribution in [0.1, 0.15) is 47.7 Å². The smallest absolute Gasteiger partial charge is 0.253 e. The third-order valence-corrected chi connectivity index (χ3v) is 7.91. The fourth-order valence-electron chi connectivity index (χ4n) is 4.29. The quantitative estimate of drug-likeness (QED) is 0.356. The van der Waals surface area contributed by atoms with Gasteiger partial charge in [0.1, 0.15) is 17.2 Å². The average Bonchev–Trinajstić information content (AvgIpc) is 3.54. The van der Waals surface area contributed by atoms with Crippen LogP contribution in [0.25, 0.3) is 0 Å². The number of aromatic nitrogens is 2. The molecule has 1 aromatic carbocycles. The highest BCUT2D eigenvalue weighted by Gasteiger charge is 2.33. The lowest BCUT2D eigenvalue weighted by Crippen LogP contribution is -2.30. The fraction of sp³-hybridized carbons (Fsp3) is 0.360. The van der Waals surface area contributed by atoms with Crippen molar-refractivity contribution >= 4 is 40.5 Å². The summed E-state index contributed by atoms with van der Waals surface area (Å²) in [6.45, 7) is 4.14. The second-order valence-electron chi connectivity index (χ2n) is 8.44. The Kier molecular flexibility index (Phi) is 6.73. The predicted molar refractivity (Wildman–Crippen MR) is 135 cm³/mol. The highest BCUT2D eigenvalue weighted by atomic mass is 32.2. The van der Waals surface area contributed by atoms with Crippen molar-refractivity contribution in [3.05, 3.63) is 70.2 Å². The second-order valence-corrected chi connectivity index (χ2v) is 10.4. The summed E-state index contributed by atoms with van der Waals surface area (Å²) in [7, 11) is 0. The molecule has 0 bridgehead atoms. The first-order chi connectivity index (χ1) is 16.2. The normalized spacial score (nSPS) is 18.5. The Morgan fingerprint density at radius 2 is 1.94 bits per heavy atom. The summed E-state index contributed by atoms with van der Waals surface area (Å²) in [6, 6.07) is 14.4. The number of hydrogen-bond donors (Lipinski definition) is 0. The Morgan fingerprint density at radius 1 is 1.12 bits per heavy atom. The molecule has 6 nitrogen and oxygen atoms in total. The third kappa shape index (κ3) is 5.12. The van der Waals surface area contributed by atoms with E-state index in [-0.39, 0.29) is 11.9 Å². The van der Waals surface area contributed by atoms with Crippen LogP contribution in [0.4, 0.5) is 5.82 Å². The molecule has 3 aromatic rings. The van der Waals surface area contributed by atoms with E-state index >= 15 is 0 Å². The molecular formula is C25H27N5OS2. The van der Waals surface area contributed by atoms with Crippen LogP contribution >= 0.6 is 23.1 Å². The molecule has 0 spiro atoms. The Morgan fingerprint density at radius 3 is 2.70 bits per heavy atom. The molecule has 2 aromatic heterocycles. The molecule has 33 heavy (non-hydrogen) atoms. The molecule has 0 radical (unpaired) electrons. The molecule has 0 N–H and O–H groups in total. The van der Waals surface area contributed by atoms with Crippen molar-refractivity contribution in [2.75, 3.05) is 23.7 Å². The number of amides is 1. The summed E-state index contributed by atoms with van der Waals surface area (Å²) in [5.74, 6) is 1.24. The molecule has 170 valence electrons. The summed E-state index contributed by atoms with van der Waals surface area (Å²) in [5.41, 5.74) is 3.30. The SMILES string of the molecule is Cc1ccc(C2CC(c3cccs3)=NN2C(=O)CSc2cc(N3CCCCC3)ncn2)cc1. The lowest BCUT2D eigenvalue weighted by Gasteiger charge is -2.27. The van der Waals surface area contributed by atoms with E-state index in [1.54, 1.807) is 22.7 Å². The molecule has 8 heteroatoms. The number of carbonyl (C=O) groups excluding carboxylic acids is 1. The van der Waals surface area contributed by atoms with E-state index < -0.39 is 0 Å². The van der Waals surface area contributed by atoms with Crippen LogP contribution in [0.2, 0.25) is 0 Å². The Labute approximate surface area is 202 Å². The van der Waals surface area contributed by atoms with E-state index in [9.17, 15) is 4.79 Å². The minimum atomic E-state index is -0.0786. The number of thioether (sulfide) groups is 1. The average molecular weight is 478 g/mol. The number of hydrazone groups is 1. The summed E-state index contributed by atoms with van der Waals surface area (Å²) < 4.78 is 0. The van der Waals surface area contributed by atoms with Crippen molar-refractivity contribution in [1.29, 1.82) is 0 Å². The molecule has 1 amide bonds. The number of thiophene rings is 1. The van der Waals surface area contributed by atoms with Crippen molar-refractivity contribution in [3.8, 4) is 0 Å². The molecule has 4 heterocycles. The number of aryl methyl sites for hydroxylation is 1. The van der Waals surface area contributed by atoms with Gasteiger partial charge in [-0.3, -0.25) is 4.79 Å². The first kappa shape index (κ1) is 22.1. The monoisotopic (exact) mass is 477 g/mol. The van der Waals surface area contributed by atoms with E-state index in [1.165, 1.54) is 36.6 Å². The van der Waals surface area contributed by atoms with E-state index in [2.05, 4.69) is 52.1 Å². The van der Waals surface area contributed by atoms with E-state index in [4.69, 9.17) is 5.10 Å². The first-order valence-corrected chi connectivity index (χ1v) is 13.2. The van der Waals surface area contributed by atoms with Crippen LogP contribution in [-0.4, -0.2) is 45.4 Å². The second kappa shape index (κ2) is 10.1. The maximum atomic E-state index is 13.3. The van der Waals surface area contributed by atoms with Crippen molar-refractivity contribution < 1.29 is 4.79 Å². The van der Waals surface area contributed by atoms with E-state index in [0.717, 1.165) is 46.5 Å². The largest absolute Gasteiger partial charge is 0.356 e. The molecule has 0 aliphatic carbocycles. The van der Waals surface area contributed by atoms with Gasteiger partial charge in [0.25, 0.3) is 5.91 Å². The van der Waals surface area contributed by atoms with Crippen molar-refractivity contribution in [2.24, 2.45) is 5.10 Å². The summed E-state index contributed by atoms with van der Waals surface area (Å²) >= 11 is 3.12. The van der Waals surface area contributed by atoms with Gasteiger partial charge in [0, 0.05) is 25.6 Å². The number of anilines is 1. The van der Waals surface area contributed by atoms with Gasteiger partial charge in [-0.2, -0.15) is 5.10 Å². The van der Waals surface area contributed by atoms with Gasteiger partial charge in [-0.1, -0.05) is 47.7 Å². The highest BCUT2D eigenvalue weighted by Crippen LogP contribution is 2.35. The number of nitrogens with zero attached hydrogens (tertiary/aromatic N) is 5. The van der Waals surface area contributed by atoms with Crippen LogP contribution in [-0.2, 0) is 4.79 Å². The van der Waals surface area contributed by atoms with Crippen LogP contribution < -0.4 is 4.90 Å². The fourth-order valence-corrected chi connectivity index (χ4v) is 5.72. The van der Waals surface area contributed by atoms with E-state index in [1.807, 2.05) is 17.5 Å². The van der Waals surface area contributed by atoms with Gasteiger partial charge in [0.2, 0.25) is 0 Å². The minimum Gasteiger partial charge on any atom is -0.356 e. The summed E-state index contributed by atoms with van der Waals surface area (Å²) in [6.07, 6.45) is 6.01. The Balaban J connectivity index is 1.31. The van der Waals surface area contributed by atoms with Crippen LogP contribution in [0, 0.1) is 6.92 Å². The maximum absolute atomic E-state index is 13.3. The zero-order chi connectivity index (χ0) is 22.6. The molecule has 1 unspecified atom stereocenters.